The Hall–Kier alpha value is -5.67. The van der Waals surface area contributed by atoms with Crippen LogP contribution in [0.15, 0.2) is 59.4 Å². The van der Waals surface area contributed by atoms with Crippen LogP contribution in [-0.2, 0) is 31.0 Å². The van der Waals surface area contributed by atoms with Crippen molar-refractivity contribution >= 4 is 40.5 Å². The summed E-state index contributed by atoms with van der Waals surface area (Å²) in [4.78, 5) is 60.0. The molecular weight excluding hydrogens is 618 g/mol. The number of aryl methyl sites for hydroxylation is 1. The maximum absolute atomic E-state index is 12.3. The Kier molecular flexibility index (Phi) is 11.0. The average Bonchev–Trinajstić information content (AvgIpc) is 2.98. The van der Waals surface area contributed by atoms with E-state index >= 15 is 0 Å². The summed E-state index contributed by atoms with van der Waals surface area (Å²) in [5.74, 6) is -4.75. The fourth-order valence-electron chi connectivity index (χ4n) is 5.30. The van der Waals surface area contributed by atoms with Crippen LogP contribution < -0.4 is 15.1 Å². The van der Waals surface area contributed by atoms with Crippen molar-refractivity contribution in [3.63, 3.8) is 0 Å². The maximum atomic E-state index is 12.3. The van der Waals surface area contributed by atoms with Crippen molar-refractivity contribution in [2.24, 2.45) is 7.05 Å². The van der Waals surface area contributed by atoms with Crippen LogP contribution in [0, 0.1) is 0 Å². The SMILES string of the molecule is Cn1c2cc(=O)ccc-2c(-c2ccc(N(CC(=O)O)CC(=O)O)c(OCCOCCN(CC(=O)O)CC(=O)O)c2)c2ccc(O)cc21. The smallest absolute Gasteiger partial charge is 0.323 e. The van der Waals surface area contributed by atoms with Gasteiger partial charge in [-0.15, -0.1) is 0 Å². The van der Waals surface area contributed by atoms with Gasteiger partial charge in [-0.25, -0.2) is 0 Å². The number of pyridine rings is 1. The first-order valence-electron chi connectivity index (χ1n) is 14.3. The van der Waals surface area contributed by atoms with Crippen LogP contribution in [0.25, 0.3) is 33.3 Å². The summed E-state index contributed by atoms with van der Waals surface area (Å²) in [5.41, 5.74) is 3.15. The van der Waals surface area contributed by atoms with Crippen molar-refractivity contribution in [2.75, 3.05) is 57.4 Å². The van der Waals surface area contributed by atoms with E-state index in [9.17, 15) is 39.3 Å². The molecule has 2 aromatic carbocycles. The average molecular weight is 652 g/mol. The zero-order valence-electron chi connectivity index (χ0n) is 25.3. The molecule has 0 saturated carbocycles. The molecule has 5 N–H and O–H groups in total. The molecule has 1 heterocycles. The highest BCUT2D eigenvalue weighted by Crippen LogP contribution is 2.43. The molecule has 47 heavy (non-hydrogen) atoms. The number of rotatable bonds is 17. The molecule has 0 unspecified atom stereocenters. The van der Waals surface area contributed by atoms with E-state index in [-0.39, 0.29) is 49.0 Å². The Bertz CT molecular complexity index is 1800. The fraction of sp³-hybridized carbons (Fsp3) is 0.281. The lowest BCUT2D eigenvalue weighted by atomic mass is 9.91. The van der Waals surface area contributed by atoms with Gasteiger partial charge < -0.3 is 44.5 Å². The summed E-state index contributed by atoms with van der Waals surface area (Å²) >= 11 is 0. The van der Waals surface area contributed by atoms with Crippen LogP contribution in [0.1, 0.15) is 0 Å². The zero-order chi connectivity index (χ0) is 34.2. The van der Waals surface area contributed by atoms with Gasteiger partial charge in [-0.05, 0) is 42.0 Å². The van der Waals surface area contributed by atoms with E-state index in [1.54, 1.807) is 48.0 Å². The van der Waals surface area contributed by atoms with E-state index in [4.69, 9.17) is 19.7 Å². The lowest BCUT2D eigenvalue weighted by molar-refractivity contribution is -0.142. The van der Waals surface area contributed by atoms with Gasteiger partial charge >= 0.3 is 23.9 Å². The minimum atomic E-state index is -1.27. The van der Waals surface area contributed by atoms with E-state index in [0.717, 1.165) is 10.3 Å². The molecule has 2 aliphatic rings. The first kappa shape index (κ1) is 34.2. The molecule has 15 heteroatoms. The Morgan fingerprint density at radius 2 is 1.43 bits per heavy atom. The number of carboxylic acids is 4. The molecular formula is C32H33N3O12. The number of hydrogen-bond acceptors (Lipinski definition) is 10. The largest absolute Gasteiger partial charge is 0.508 e. The summed E-state index contributed by atoms with van der Waals surface area (Å²) in [6.45, 7) is -2.33. The van der Waals surface area contributed by atoms with Crippen LogP contribution in [0.3, 0.4) is 0 Å². The lowest BCUT2D eigenvalue weighted by Gasteiger charge is -2.25. The van der Waals surface area contributed by atoms with Crippen LogP contribution >= 0.6 is 0 Å². The lowest BCUT2D eigenvalue weighted by Crippen LogP contribution is -2.37. The van der Waals surface area contributed by atoms with Gasteiger partial charge in [-0.2, -0.15) is 0 Å². The van der Waals surface area contributed by atoms with Crippen molar-refractivity contribution < 1.29 is 54.2 Å². The molecule has 0 radical (unpaired) electrons. The highest BCUT2D eigenvalue weighted by atomic mass is 16.5. The second-order valence-electron chi connectivity index (χ2n) is 10.6. The minimum absolute atomic E-state index is 0.00543. The van der Waals surface area contributed by atoms with Gasteiger partial charge in [0.15, 0.2) is 5.43 Å². The van der Waals surface area contributed by atoms with E-state index in [0.29, 0.717) is 27.9 Å². The van der Waals surface area contributed by atoms with Crippen molar-refractivity contribution in [3.8, 4) is 33.9 Å². The van der Waals surface area contributed by atoms with Crippen LogP contribution in [0.5, 0.6) is 11.5 Å². The Morgan fingerprint density at radius 3 is 2.06 bits per heavy atom. The molecule has 0 aromatic heterocycles. The number of phenolic OH excluding ortho intramolecular Hbond substituents is 1. The molecule has 0 spiro atoms. The normalized spacial score (nSPS) is 11.2. The number of benzene rings is 3. The Morgan fingerprint density at radius 1 is 0.766 bits per heavy atom. The number of ether oxygens (including phenoxy) is 2. The molecule has 0 saturated heterocycles. The third kappa shape index (κ3) is 8.74. The molecule has 4 rings (SSSR count). The maximum Gasteiger partial charge on any atom is 0.323 e. The van der Waals surface area contributed by atoms with Gasteiger partial charge in [0.05, 0.1) is 43.2 Å². The molecule has 1 aliphatic carbocycles. The van der Waals surface area contributed by atoms with E-state index in [2.05, 4.69) is 0 Å². The minimum Gasteiger partial charge on any atom is -0.508 e. The number of aliphatic carboxylic acids is 4. The van der Waals surface area contributed by atoms with Crippen molar-refractivity contribution in [1.29, 1.82) is 0 Å². The predicted octanol–water partition coefficient (Wildman–Crippen LogP) is 1.86. The predicted molar refractivity (Wildman–Crippen MR) is 168 cm³/mol. The van der Waals surface area contributed by atoms with Gasteiger partial charge in [0.2, 0.25) is 0 Å². The van der Waals surface area contributed by atoms with Crippen LogP contribution in [0.4, 0.5) is 5.69 Å². The highest BCUT2D eigenvalue weighted by Gasteiger charge is 2.23. The van der Waals surface area contributed by atoms with E-state index < -0.39 is 50.1 Å². The first-order chi connectivity index (χ1) is 22.3. The summed E-state index contributed by atoms with van der Waals surface area (Å²) in [5, 5.41) is 48.0. The zero-order valence-corrected chi connectivity index (χ0v) is 25.3. The molecule has 248 valence electrons. The summed E-state index contributed by atoms with van der Waals surface area (Å²) in [7, 11) is 1.77. The van der Waals surface area contributed by atoms with Crippen LogP contribution in [-0.4, -0.2) is 111 Å². The quantitative estimate of drug-likeness (QED) is 0.0814. The third-order valence-corrected chi connectivity index (χ3v) is 7.21. The summed E-state index contributed by atoms with van der Waals surface area (Å²) < 4.78 is 13.3. The first-order valence-corrected chi connectivity index (χ1v) is 14.3. The third-order valence-electron chi connectivity index (χ3n) is 7.21. The van der Waals surface area contributed by atoms with Gasteiger partial charge in [0.25, 0.3) is 0 Å². The van der Waals surface area contributed by atoms with E-state index in [1.807, 2.05) is 0 Å². The number of carbonyl (C=O) groups is 4. The van der Waals surface area contributed by atoms with Gasteiger partial charge in [-0.1, -0.05) is 6.07 Å². The topological polar surface area (TPSA) is 216 Å². The number of hydrogen-bond donors (Lipinski definition) is 5. The number of aromatic hydroxyl groups is 1. The van der Waals surface area contributed by atoms with Crippen LogP contribution in [0.2, 0.25) is 0 Å². The van der Waals surface area contributed by atoms with Crippen molar-refractivity contribution in [3.05, 3.63) is 64.8 Å². The number of fused-ring (bicyclic) bond motifs is 2. The molecule has 15 nitrogen and oxygen atoms in total. The number of aromatic nitrogens is 1. The number of phenols is 1. The summed E-state index contributed by atoms with van der Waals surface area (Å²) in [6, 6.07) is 14.2. The Labute approximate surface area is 267 Å². The summed E-state index contributed by atoms with van der Waals surface area (Å²) in [6.07, 6.45) is 0. The van der Waals surface area contributed by atoms with Gasteiger partial charge in [-0.3, -0.25) is 28.9 Å². The Balaban J connectivity index is 1.70. The molecule has 1 aliphatic heterocycles. The molecule has 0 amide bonds. The second kappa shape index (κ2) is 15.1. The highest BCUT2D eigenvalue weighted by molar-refractivity contribution is 6.04. The molecule has 0 bridgehead atoms. The molecule has 0 fully saturated rings. The standard InChI is InChI=1S/C32H33N3O12/c1-33-25-13-20(36)3-5-22(25)32(23-6-4-21(37)14-26(23)33)19-2-7-24(35(17-30(42)43)18-31(44)45)27(12-19)47-11-10-46-9-8-34(15-28(38)39)16-29(40)41/h2-7,12-14,36H,8-11,15-18H2,1H3,(H,38,39)(H,40,41)(H,42,43)(H,44,45). The number of nitrogens with zero attached hydrogens (tertiary/aromatic N) is 3. The van der Waals surface area contributed by atoms with Gasteiger partial charge in [0.1, 0.15) is 31.2 Å². The second-order valence-corrected chi connectivity index (χ2v) is 10.6. The molecule has 2 aromatic rings. The number of carboxylic acid groups (broad SMARTS) is 4. The fourth-order valence-corrected chi connectivity index (χ4v) is 5.30. The van der Waals surface area contributed by atoms with Crippen molar-refractivity contribution in [2.45, 2.75) is 0 Å². The van der Waals surface area contributed by atoms with Crippen molar-refractivity contribution in [1.82, 2.24) is 9.47 Å². The van der Waals surface area contributed by atoms with Gasteiger partial charge in [0, 0.05) is 42.2 Å². The monoisotopic (exact) mass is 651 g/mol. The number of anilines is 1. The molecule has 0 atom stereocenters. The van der Waals surface area contributed by atoms with E-state index in [1.165, 1.54) is 23.1 Å².